The Morgan fingerprint density at radius 2 is 1.12 bits per heavy atom. The summed E-state index contributed by atoms with van der Waals surface area (Å²) in [6.45, 7) is 0. The lowest BCUT2D eigenvalue weighted by molar-refractivity contribution is 0.669. The Labute approximate surface area is 296 Å². The number of fused-ring (bicyclic) bond motifs is 8. The number of hydrogen-bond acceptors (Lipinski definition) is 6. The maximum Gasteiger partial charge on any atom is 0.164 e. The number of para-hydroxylation sites is 1. The normalized spacial score (nSPS) is 11.8. The third-order valence-electron chi connectivity index (χ3n) is 9.99. The molecule has 6 nitrogen and oxygen atoms in total. The number of aromatic nitrogens is 4. The molecule has 4 aromatic heterocycles. The van der Waals surface area contributed by atoms with Crippen LogP contribution in [0.4, 0.5) is 0 Å². The van der Waals surface area contributed by atoms with E-state index in [4.69, 9.17) is 23.8 Å². The van der Waals surface area contributed by atoms with Crippen molar-refractivity contribution in [2.24, 2.45) is 0 Å². The zero-order chi connectivity index (χ0) is 34.2. The van der Waals surface area contributed by atoms with Gasteiger partial charge in [-0.3, -0.25) is 4.98 Å². The quantitative estimate of drug-likeness (QED) is 0.186. The average Bonchev–Trinajstić information content (AvgIpc) is 3.78. The van der Waals surface area contributed by atoms with Crippen LogP contribution in [-0.4, -0.2) is 19.9 Å². The Balaban J connectivity index is 1.24. The van der Waals surface area contributed by atoms with Crippen LogP contribution >= 0.6 is 0 Å². The largest absolute Gasteiger partial charge is 0.456 e. The molecule has 0 aliphatic heterocycles. The average molecular weight is 667 g/mol. The second-order valence-electron chi connectivity index (χ2n) is 13.0. The molecule has 0 atom stereocenters. The van der Waals surface area contributed by atoms with Crippen molar-refractivity contribution in [1.82, 2.24) is 19.9 Å². The Bertz CT molecular complexity index is 3200. The van der Waals surface area contributed by atoms with Gasteiger partial charge >= 0.3 is 0 Å². The summed E-state index contributed by atoms with van der Waals surface area (Å²) in [7, 11) is 0. The molecule has 0 aliphatic carbocycles. The highest BCUT2D eigenvalue weighted by molar-refractivity contribution is 6.18. The lowest BCUT2D eigenvalue weighted by atomic mass is 9.97. The molecule has 0 spiro atoms. The molecule has 242 valence electrons. The standard InChI is InChI=1S/C46H26N4O2/c1-2-10-28(11-3-1)33-19-20-36(42-37-24-32-26-47-22-21-30(32)25-40(37)52-43(33)42)46-49-44(31-18-17-27-9-4-5-12-29(27)23-31)48-45(50-46)35-14-8-16-39-41(35)34-13-6-7-15-38(34)51-39/h1-26H. The summed E-state index contributed by atoms with van der Waals surface area (Å²) in [5.74, 6) is 1.70. The van der Waals surface area contributed by atoms with Crippen LogP contribution in [0.1, 0.15) is 0 Å². The monoisotopic (exact) mass is 666 g/mol. The minimum atomic E-state index is 0.552. The molecule has 0 saturated heterocycles. The Morgan fingerprint density at radius 3 is 2.02 bits per heavy atom. The van der Waals surface area contributed by atoms with Crippen LogP contribution in [0.5, 0.6) is 0 Å². The van der Waals surface area contributed by atoms with Gasteiger partial charge < -0.3 is 8.83 Å². The van der Waals surface area contributed by atoms with Crippen LogP contribution in [0.3, 0.4) is 0 Å². The van der Waals surface area contributed by atoms with Gasteiger partial charge in [-0.05, 0) is 70.3 Å². The summed E-state index contributed by atoms with van der Waals surface area (Å²) >= 11 is 0. The summed E-state index contributed by atoms with van der Waals surface area (Å²) in [5.41, 5.74) is 7.86. The SMILES string of the molecule is c1ccc(-c2ccc(-c3nc(-c4ccc5ccccc5c4)nc(-c4cccc5oc6ccccc6c45)n3)c3c2oc2cc4ccncc4cc23)cc1. The molecule has 0 saturated carbocycles. The highest BCUT2D eigenvalue weighted by Crippen LogP contribution is 2.43. The van der Waals surface area contributed by atoms with Gasteiger partial charge in [0.15, 0.2) is 17.5 Å². The third-order valence-corrected chi connectivity index (χ3v) is 9.99. The van der Waals surface area contributed by atoms with E-state index in [1.54, 1.807) is 0 Å². The van der Waals surface area contributed by atoms with Crippen LogP contribution in [0.2, 0.25) is 0 Å². The van der Waals surface area contributed by atoms with Crippen molar-refractivity contribution in [2.45, 2.75) is 0 Å². The Hall–Kier alpha value is -7.18. The van der Waals surface area contributed by atoms with Crippen LogP contribution in [0.25, 0.3) is 111 Å². The van der Waals surface area contributed by atoms with Crippen LogP contribution in [-0.2, 0) is 0 Å². The molecule has 0 unspecified atom stereocenters. The van der Waals surface area contributed by atoms with E-state index in [-0.39, 0.29) is 0 Å². The minimum Gasteiger partial charge on any atom is -0.456 e. The maximum absolute atomic E-state index is 6.78. The van der Waals surface area contributed by atoms with Gasteiger partial charge in [0.1, 0.15) is 22.3 Å². The smallest absolute Gasteiger partial charge is 0.164 e. The van der Waals surface area contributed by atoms with E-state index in [0.29, 0.717) is 17.5 Å². The molecule has 11 aromatic rings. The first-order valence-electron chi connectivity index (χ1n) is 17.2. The van der Waals surface area contributed by atoms with Gasteiger partial charge in [0.25, 0.3) is 0 Å². The van der Waals surface area contributed by atoms with Gasteiger partial charge in [-0.15, -0.1) is 0 Å². The van der Waals surface area contributed by atoms with E-state index >= 15 is 0 Å². The summed E-state index contributed by atoms with van der Waals surface area (Å²) in [6, 6.07) is 49.6. The Kier molecular flexibility index (Phi) is 6.15. The van der Waals surface area contributed by atoms with Crippen molar-refractivity contribution in [1.29, 1.82) is 0 Å². The predicted molar refractivity (Wildman–Crippen MR) is 209 cm³/mol. The number of benzene rings is 7. The summed E-state index contributed by atoms with van der Waals surface area (Å²) in [5, 5.41) is 8.25. The van der Waals surface area contributed by atoms with Crippen molar-refractivity contribution in [3.05, 3.63) is 158 Å². The van der Waals surface area contributed by atoms with E-state index < -0.39 is 0 Å². The maximum atomic E-state index is 6.78. The van der Waals surface area contributed by atoms with E-state index in [2.05, 4.69) is 96.0 Å². The molecule has 0 radical (unpaired) electrons. The summed E-state index contributed by atoms with van der Waals surface area (Å²) < 4.78 is 13.1. The fourth-order valence-corrected chi connectivity index (χ4v) is 7.53. The van der Waals surface area contributed by atoms with E-state index in [1.807, 2.05) is 67.0 Å². The minimum absolute atomic E-state index is 0.552. The molecule has 0 N–H and O–H groups in total. The zero-order valence-electron chi connectivity index (χ0n) is 27.6. The van der Waals surface area contributed by atoms with Gasteiger partial charge in [-0.25, -0.2) is 15.0 Å². The van der Waals surface area contributed by atoms with Crippen molar-refractivity contribution < 1.29 is 8.83 Å². The third kappa shape index (κ3) is 4.44. The fourth-order valence-electron chi connectivity index (χ4n) is 7.53. The van der Waals surface area contributed by atoms with E-state index in [0.717, 1.165) is 93.2 Å². The Morgan fingerprint density at radius 1 is 0.385 bits per heavy atom. The molecule has 52 heavy (non-hydrogen) atoms. The summed E-state index contributed by atoms with van der Waals surface area (Å²) in [6.07, 6.45) is 3.70. The highest BCUT2D eigenvalue weighted by Gasteiger charge is 2.22. The molecule has 4 heterocycles. The van der Waals surface area contributed by atoms with Gasteiger partial charge in [0, 0.05) is 61.6 Å². The molecule has 6 heteroatoms. The second-order valence-corrected chi connectivity index (χ2v) is 13.0. The first-order chi connectivity index (χ1) is 25.7. The molecule has 0 amide bonds. The fraction of sp³-hybridized carbons (Fsp3) is 0. The number of rotatable bonds is 4. The van der Waals surface area contributed by atoms with E-state index in [9.17, 15) is 0 Å². The first kappa shape index (κ1) is 28.6. The number of hydrogen-bond donors (Lipinski definition) is 0. The zero-order valence-corrected chi connectivity index (χ0v) is 27.6. The van der Waals surface area contributed by atoms with Crippen LogP contribution in [0.15, 0.2) is 167 Å². The number of nitrogens with zero attached hydrogens (tertiary/aromatic N) is 4. The predicted octanol–water partition coefficient (Wildman–Crippen LogP) is 12.0. The lowest BCUT2D eigenvalue weighted by Crippen LogP contribution is -2.01. The first-order valence-corrected chi connectivity index (χ1v) is 17.2. The summed E-state index contributed by atoms with van der Waals surface area (Å²) in [4.78, 5) is 20.1. The van der Waals surface area contributed by atoms with Gasteiger partial charge in [0.05, 0.1) is 0 Å². The van der Waals surface area contributed by atoms with Crippen molar-refractivity contribution >= 4 is 65.4 Å². The molecule has 0 bridgehead atoms. The van der Waals surface area contributed by atoms with Gasteiger partial charge in [0.2, 0.25) is 0 Å². The molecular formula is C46H26N4O2. The van der Waals surface area contributed by atoms with E-state index in [1.165, 1.54) is 0 Å². The van der Waals surface area contributed by atoms with Gasteiger partial charge in [-0.2, -0.15) is 0 Å². The number of pyridine rings is 1. The molecule has 7 aromatic carbocycles. The molecular weight excluding hydrogens is 641 g/mol. The van der Waals surface area contributed by atoms with Crippen LogP contribution < -0.4 is 0 Å². The molecule has 0 fully saturated rings. The van der Waals surface area contributed by atoms with Crippen molar-refractivity contribution in [3.63, 3.8) is 0 Å². The number of furan rings is 2. The van der Waals surface area contributed by atoms with Crippen LogP contribution in [0, 0.1) is 0 Å². The topological polar surface area (TPSA) is 77.8 Å². The molecule has 0 aliphatic rings. The van der Waals surface area contributed by atoms with Crippen molar-refractivity contribution in [2.75, 3.05) is 0 Å². The highest BCUT2D eigenvalue weighted by atomic mass is 16.3. The molecule has 11 rings (SSSR count). The second kappa shape index (κ2) is 11.2. The van der Waals surface area contributed by atoms with Gasteiger partial charge in [-0.1, -0.05) is 97.1 Å². The lowest BCUT2D eigenvalue weighted by Gasteiger charge is -2.12. The van der Waals surface area contributed by atoms with Crippen molar-refractivity contribution in [3.8, 4) is 45.3 Å².